The zero-order valence-corrected chi connectivity index (χ0v) is 13.5. The summed E-state index contributed by atoms with van der Waals surface area (Å²) in [6.45, 7) is 0. The quantitative estimate of drug-likeness (QED) is 0.731. The number of hydrogen-bond donors (Lipinski definition) is 1. The van der Waals surface area contributed by atoms with Gasteiger partial charge in [0.15, 0.2) is 0 Å². The number of carbonyl (C=O) groups is 1. The van der Waals surface area contributed by atoms with Gasteiger partial charge < -0.3 is 5.32 Å². The van der Waals surface area contributed by atoms with Gasteiger partial charge in [-0.25, -0.2) is 0 Å². The number of rotatable bonds is 3. The molecule has 0 unspecified atom stereocenters. The minimum atomic E-state index is -0.106. The van der Waals surface area contributed by atoms with E-state index in [1.54, 1.807) is 18.2 Å². The van der Waals surface area contributed by atoms with Crippen molar-refractivity contribution in [3.05, 3.63) is 61.6 Å². The highest BCUT2D eigenvalue weighted by molar-refractivity contribution is 14.1. The van der Waals surface area contributed by atoms with E-state index >= 15 is 0 Å². The Kier molecular flexibility index (Phi) is 5.07. The van der Waals surface area contributed by atoms with Crippen LogP contribution in [-0.2, 0) is 11.2 Å². The van der Waals surface area contributed by atoms with Crippen LogP contribution in [0.5, 0.6) is 0 Å². The molecule has 0 aromatic heterocycles. The smallest absolute Gasteiger partial charge is 0.228 e. The molecule has 2 aromatic carbocycles. The van der Waals surface area contributed by atoms with Crippen molar-refractivity contribution < 1.29 is 4.79 Å². The molecule has 0 aliphatic carbocycles. The molecule has 0 heterocycles. The second-order valence-electron chi connectivity index (χ2n) is 3.97. The SMILES string of the molecule is O=C(Cc1ccc(Cl)cc1Cl)Nc1ccc(I)cc1. The maximum Gasteiger partial charge on any atom is 0.228 e. The van der Waals surface area contributed by atoms with Crippen molar-refractivity contribution in [2.75, 3.05) is 5.32 Å². The lowest BCUT2D eigenvalue weighted by Crippen LogP contribution is -2.14. The highest BCUT2D eigenvalue weighted by atomic mass is 127. The molecule has 0 radical (unpaired) electrons. The summed E-state index contributed by atoms with van der Waals surface area (Å²) in [5.41, 5.74) is 1.53. The highest BCUT2D eigenvalue weighted by Crippen LogP contribution is 2.21. The monoisotopic (exact) mass is 405 g/mol. The van der Waals surface area contributed by atoms with Gasteiger partial charge in [0.1, 0.15) is 0 Å². The fourth-order valence-corrected chi connectivity index (χ4v) is 2.41. The van der Waals surface area contributed by atoms with Crippen LogP contribution in [0.15, 0.2) is 42.5 Å². The van der Waals surface area contributed by atoms with Gasteiger partial charge in [-0.1, -0.05) is 29.3 Å². The van der Waals surface area contributed by atoms with E-state index in [1.807, 2.05) is 24.3 Å². The Morgan fingerprint density at radius 2 is 1.79 bits per heavy atom. The molecule has 5 heteroatoms. The molecule has 0 bridgehead atoms. The molecule has 2 nitrogen and oxygen atoms in total. The van der Waals surface area contributed by atoms with E-state index in [-0.39, 0.29) is 12.3 Å². The minimum absolute atomic E-state index is 0.106. The molecular formula is C14H10Cl2INO. The van der Waals surface area contributed by atoms with Crippen LogP contribution in [-0.4, -0.2) is 5.91 Å². The van der Waals surface area contributed by atoms with Crippen molar-refractivity contribution in [1.82, 2.24) is 0 Å². The van der Waals surface area contributed by atoms with Gasteiger partial charge in [0.25, 0.3) is 0 Å². The molecular weight excluding hydrogens is 396 g/mol. The van der Waals surface area contributed by atoms with Gasteiger partial charge in [-0.15, -0.1) is 0 Å². The molecule has 0 saturated carbocycles. The van der Waals surface area contributed by atoms with Crippen LogP contribution in [0.2, 0.25) is 10.0 Å². The Hall–Kier alpha value is -0.780. The molecule has 0 aliphatic rings. The van der Waals surface area contributed by atoms with Crippen molar-refractivity contribution in [2.45, 2.75) is 6.42 Å². The summed E-state index contributed by atoms with van der Waals surface area (Å²) in [5, 5.41) is 3.89. The van der Waals surface area contributed by atoms with E-state index in [2.05, 4.69) is 27.9 Å². The summed E-state index contributed by atoms with van der Waals surface area (Å²) in [4.78, 5) is 11.9. The molecule has 0 aliphatic heterocycles. The molecule has 2 rings (SSSR count). The third-order valence-corrected chi connectivity index (χ3v) is 3.80. The van der Waals surface area contributed by atoms with Gasteiger partial charge in [-0.2, -0.15) is 0 Å². The first-order valence-electron chi connectivity index (χ1n) is 5.54. The van der Waals surface area contributed by atoms with Crippen molar-refractivity contribution >= 4 is 57.4 Å². The molecule has 98 valence electrons. The Labute approximate surface area is 135 Å². The lowest BCUT2D eigenvalue weighted by Gasteiger charge is -2.07. The first-order valence-corrected chi connectivity index (χ1v) is 7.37. The zero-order chi connectivity index (χ0) is 13.8. The molecule has 1 N–H and O–H groups in total. The van der Waals surface area contributed by atoms with Crippen LogP contribution in [0.3, 0.4) is 0 Å². The molecule has 1 amide bonds. The van der Waals surface area contributed by atoms with Gasteiger partial charge in [0.2, 0.25) is 5.91 Å². The van der Waals surface area contributed by atoms with E-state index in [4.69, 9.17) is 23.2 Å². The first kappa shape index (κ1) is 14.6. The van der Waals surface area contributed by atoms with Crippen molar-refractivity contribution in [3.63, 3.8) is 0 Å². The standard InChI is InChI=1S/C14H10Cl2INO/c15-10-2-1-9(13(16)8-10)7-14(19)18-12-5-3-11(17)4-6-12/h1-6,8H,7H2,(H,18,19). The van der Waals surface area contributed by atoms with Crippen LogP contribution in [0.25, 0.3) is 0 Å². The molecule has 0 fully saturated rings. The Morgan fingerprint density at radius 3 is 2.42 bits per heavy atom. The van der Waals surface area contributed by atoms with E-state index in [9.17, 15) is 4.79 Å². The summed E-state index contributed by atoms with van der Waals surface area (Å²) in [7, 11) is 0. The van der Waals surface area contributed by atoms with Gasteiger partial charge in [-0.3, -0.25) is 4.79 Å². The summed E-state index contributed by atoms with van der Waals surface area (Å²) < 4.78 is 1.12. The number of hydrogen-bond acceptors (Lipinski definition) is 1. The molecule has 2 aromatic rings. The molecule has 19 heavy (non-hydrogen) atoms. The van der Waals surface area contributed by atoms with Gasteiger partial charge in [-0.05, 0) is 64.6 Å². The van der Waals surface area contributed by atoms with Crippen molar-refractivity contribution in [3.8, 4) is 0 Å². The fraction of sp³-hybridized carbons (Fsp3) is 0.0714. The second kappa shape index (κ2) is 6.59. The van der Waals surface area contributed by atoms with E-state index in [1.165, 1.54) is 0 Å². The van der Waals surface area contributed by atoms with Gasteiger partial charge in [0.05, 0.1) is 6.42 Å². The number of nitrogens with one attached hydrogen (secondary N) is 1. The second-order valence-corrected chi connectivity index (χ2v) is 6.06. The third-order valence-electron chi connectivity index (χ3n) is 2.49. The summed E-state index contributed by atoms with van der Waals surface area (Å²) in [6.07, 6.45) is 0.224. The van der Waals surface area contributed by atoms with Crippen LogP contribution in [0, 0.1) is 3.57 Å². The number of benzene rings is 2. The molecule has 0 spiro atoms. The van der Waals surface area contributed by atoms with Crippen LogP contribution in [0.4, 0.5) is 5.69 Å². The highest BCUT2D eigenvalue weighted by Gasteiger charge is 2.08. The normalized spacial score (nSPS) is 10.3. The number of amides is 1. The molecule has 0 atom stereocenters. The number of halogens is 3. The van der Waals surface area contributed by atoms with E-state index in [0.717, 1.165) is 14.8 Å². The Bertz CT molecular complexity index is 599. The Morgan fingerprint density at radius 1 is 1.11 bits per heavy atom. The lowest BCUT2D eigenvalue weighted by atomic mass is 10.1. The predicted octanol–water partition coefficient (Wildman–Crippen LogP) is 4.78. The van der Waals surface area contributed by atoms with E-state index in [0.29, 0.717) is 10.0 Å². The van der Waals surface area contributed by atoms with Gasteiger partial charge in [0, 0.05) is 19.3 Å². The van der Waals surface area contributed by atoms with Crippen LogP contribution >= 0.6 is 45.8 Å². The Balaban J connectivity index is 2.03. The fourth-order valence-electron chi connectivity index (χ4n) is 1.58. The van der Waals surface area contributed by atoms with Crippen LogP contribution in [0.1, 0.15) is 5.56 Å². The zero-order valence-electron chi connectivity index (χ0n) is 9.79. The van der Waals surface area contributed by atoms with Crippen LogP contribution < -0.4 is 5.32 Å². The first-order chi connectivity index (χ1) is 9.04. The largest absolute Gasteiger partial charge is 0.326 e. The minimum Gasteiger partial charge on any atom is -0.326 e. The maximum atomic E-state index is 11.9. The predicted molar refractivity (Wildman–Crippen MR) is 88.0 cm³/mol. The molecule has 0 saturated heterocycles. The lowest BCUT2D eigenvalue weighted by molar-refractivity contribution is -0.115. The topological polar surface area (TPSA) is 29.1 Å². The number of carbonyl (C=O) groups excluding carboxylic acids is 1. The van der Waals surface area contributed by atoms with Gasteiger partial charge >= 0.3 is 0 Å². The third kappa shape index (κ3) is 4.37. The number of anilines is 1. The summed E-state index contributed by atoms with van der Waals surface area (Å²) in [6, 6.07) is 12.7. The van der Waals surface area contributed by atoms with Crippen molar-refractivity contribution in [1.29, 1.82) is 0 Å². The average molecular weight is 406 g/mol. The summed E-state index contributed by atoms with van der Waals surface area (Å²) >= 11 is 14.1. The summed E-state index contributed by atoms with van der Waals surface area (Å²) in [5.74, 6) is -0.106. The maximum absolute atomic E-state index is 11.9. The van der Waals surface area contributed by atoms with Crippen molar-refractivity contribution in [2.24, 2.45) is 0 Å². The average Bonchev–Trinajstić information content (AvgIpc) is 2.36. The van der Waals surface area contributed by atoms with E-state index < -0.39 is 0 Å².